The average Bonchev–Trinajstić information content (AvgIpc) is 2.59. The smallest absolute Gasteiger partial charge is 0.312 e. The Bertz CT molecular complexity index is 708. The van der Waals surface area contributed by atoms with Gasteiger partial charge in [-0.3, -0.25) is 9.59 Å². The maximum absolute atomic E-state index is 13.0. The molecule has 5 heteroatoms. The molecule has 4 bridgehead atoms. The zero-order valence-corrected chi connectivity index (χ0v) is 15.4. The van der Waals surface area contributed by atoms with Crippen LogP contribution in [0.25, 0.3) is 0 Å². The fourth-order valence-corrected chi connectivity index (χ4v) is 5.78. The Hall–Kier alpha value is -1.88. The number of Topliss-reactive ketones (excluding diaryl/α,β-unsaturated/α-hetero) is 1. The van der Waals surface area contributed by atoms with Crippen LogP contribution in [0.5, 0.6) is 5.75 Å². The minimum atomic E-state index is -0.835. The molecule has 4 aliphatic rings. The summed E-state index contributed by atoms with van der Waals surface area (Å²) in [6, 6.07) is 6.80. The third kappa shape index (κ3) is 2.92. The molecule has 2 unspecified atom stereocenters. The second-order valence-corrected chi connectivity index (χ2v) is 8.61. The van der Waals surface area contributed by atoms with E-state index in [1.54, 1.807) is 38.3 Å². The highest BCUT2D eigenvalue weighted by molar-refractivity contribution is 6.00. The quantitative estimate of drug-likeness (QED) is 0.647. The van der Waals surface area contributed by atoms with E-state index in [0.717, 1.165) is 32.1 Å². The molecule has 0 aliphatic heterocycles. The van der Waals surface area contributed by atoms with Gasteiger partial charge in [-0.25, -0.2) is 0 Å². The van der Waals surface area contributed by atoms with Crippen molar-refractivity contribution >= 4 is 11.8 Å². The third-order valence-corrected chi connectivity index (χ3v) is 6.49. The molecule has 5 atom stereocenters. The highest BCUT2D eigenvalue weighted by Crippen LogP contribution is 2.62. The minimum Gasteiger partial charge on any atom is -0.497 e. The topological polar surface area (TPSA) is 72.8 Å². The van der Waals surface area contributed by atoms with Crippen LogP contribution in [-0.4, -0.2) is 35.7 Å². The Morgan fingerprint density at radius 2 is 1.73 bits per heavy atom. The summed E-state index contributed by atoms with van der Waals surface area (Å²) in [5.74, 6) is 0.958. The van der Waals surface area contributed by atoms with Gasteiger partial charge in [-0.15, -0.1) is 0 Å². The molecule has 1 N–H and O–H groups in total. The van der Waals surface area contributed by atoms with Gasteiger partial charge in [0.15, 0.2) is 6.10 Å². The van der Waals surface area contributed by atoms with Gasteiger partial charge >= 0.3 is 5.97 Å². The lowest BCUT2D eigenvalue weighted by molar-refractivity contribution is -0.197. The molecule has 4 saturated carbocycles. The SMILES string of the molecule is COc1ccc(C(=O)[C@H](C)OC(=O)C23C[C@@H]4C[C@@H](CC(O)(C4)C2)C3)cc1. The monoisotopic (exact) mass is 358 g/mol. The standard InChI is InChI=1S/C21H26O5/c1-13(18(22)16-3-5-17(25-2)6-4-16)26-19(23)20-8-14-7-15(9-20)11-21(24,10-14)12-20/h3-6,13-15,24H,7-12H2,1-2H3/t13-,14-,15+,20?,21?/m0/s1. The number of ether oxygens (including phenoxy) is 2. The molecule has 0 aromatic heterocycles. The van der Waals surface area contributed by atoms with E-state index in [1.165, 1.54) is 0 Å². The first kappa shape index (κ1) is 17.5. The molecule has 140 valence electrons. The molecule has 4 aliphatic carbocycles. The predicted octanol–water partition coefficient (Wildman–Crippen LogP) is 3.14. The van der Waals surface area contributed by atoms with Crippen molar-refractivity contribution in [3.8, 4) is 5.75 Å². The zero-order chi connectivity index (χ0) is 18.5. The Balaban J connectivity index is 1.46. The summed E-state index contributed by atoms with van der Waals surface area (Å²) in [5.41, 5.74) is -0.824. The van der Waals surface area contributed by atoms with Crippen LogP contribution in [-0.2, 0) is 9.53 Å². The fraction of sp³-hybridized carbons (Fsp3) is 0.619. The molecular weight excluding hydrogens is 332 g/mol. The van der Waals surface area contributed by atoms with Crippen LogP contribution in [0.2, 0.25) is 0 Å². The molecule has 0 saturated heterocycles. The minimum absolute atomic E-state index is 0.218. The van der Waals surface area contributed by atoms with E-state index in [1.807, 2.05) is 0 Å². The van der Waals surface area contributed by atoms with E-state index in [0.29, 0.717) is 29.6 Å². The Morgan fingerprint density at radius 1 is 1.12 bits per heavy atom. The average molecular weight is 358 g/mol. The van der Waals surface area contributed by atoms with Crippen molar-refractivity contribution < 1.29 is 24.2 Å². The van der Waals surface area contributed by atoms with Gasteiger partial charge in [0.1, 0.15) is 5.75 Å². The Morgan fingerprint density at radius 3 is 2.27 bits per heavy atom. The van der Waals surface area contributed by atoms with Crippen LogP contribution < -0.4 is 4.74 Å². The molecule has 26 heavy (non-hydrogen) atoms. The molecule has 0 amide bonds. The Labute approximate surface area is 153 Å². The van der Waals surface area contributed by atoms with E-state index < -0.39 is 17.1 Å². The molecule has 5 nitrogen and oxygen atoms in total. The number of rotatable bonds is 5. The second kappa shape index (κ2) is 6.08. The van der Waals surface area contributed by atoms with Gasteiger partial charge in [0.2, 0.25) is 5.78 Å². The molecule has 0 radical (unpaired) electrons. The van der Waals surface area contributed by atoms with Crippen LogP contribution >= 0.6 is 0 Å². The first-order valence-electron chi connectivity index (χ1n) is 9.44. The summed E-state index contributed by atoms with van der Waals surface area (Å²) in [6.45, 7) is 1.62. The number of hydrogen-bond acceptors (Lipinski definition) is 5. The van der Waals surface area contributed by atoms with Crippen LogP contribution in [0.4, 0.5) is 0 Å². The molecule has 5 rings (SSSR count). The van der Waals surface area contributed by atoms with Crippen molar-refractivity contribution in [3.63, 3.8) is 0 Å². The van der Waals surface area contributed by atoms with Crippen molar-refractivity contribution in [2.75, 3.05) is 7.11 Å². The number of methoxy groups -OCH3 is 1. The first-order chi connectivity index (χ1) is 12.3. The molecule has 0 spiro atoms. The van der Waals surface area contributed by atoms with Crippen LogP contribution in [0.3, 0.4) is 0 Å². The molecular formula is C21H26O5. The maximum Gasteiger partial charge on any atom is 0.312 e. The number of esters is 1. The lowest BCUT2D eigenvalue weighted by Gasteiger charge is -2.58. The summed E-state index contributed by atoms with van der Waals surface area (Å²) >= 11 is 0. The van der Waals surface area contributed by atoms with E-state index in [2.05, 4.69) is 0 Å². The first-order valence-corrected chi connectivity index (χ1v) is 9.44. The highest BCUT2D eigenvalue weighted by atomic mass is 16.5. The lowest BCUT2D eigenvalue weighted by Crippen LogP contribution is -2.58. The number of hydrogen-bond donors (Lipinski definition) is 1. The summed E-state index contributed by atoms with van der Waals surface area (Å²) in [5, 5.41) is 10.8. The number of ketones is 1. The number of benzene rings is 1. The van der Waals surface area contributed by atoms with E-state index in [9.17, 15) is 14.7 Å². The van der Waals surface area contributed by atoms with Crippen molar-refractivity contribution in [1.29, 1.82) is 0 Å². The van der Waals surface area contributed by atoms with E-state index in [4.69, 9.17) is 9.47 Å². The molecule has 4 fully saturated rings. The third-order valence-electron chi connectivity index (χ3n) is 6.49. The van der Waals surface area contributed by atoms with Crippen LogP contribution in [0.15, 0.2) is 24.3 Å². The van der Waals surface area contributed by atoms with Gasteiger partial charge in [0.05, 0.1) is 18.1 Å². The summed E-state index contributed by atoms with van der Waals surface area (Å²) in [4.78, 5) is 25.6. The predicted molar refractivity (Wildman–Crippen MR) is 94.9 cm³/mol. The van der Waals surface area contributed by atoms with Gasteiger partial charge in [-0.2, -0.15) is 0 Å². The second-order valence-electron chi connectivity index (χ2n) is 8.61. The Kier molecular flexibility index (Phi) is 4.10. The van der Waals surface area contributed by atoms with Gasteiger partial charge in [-0.05, 0) is 81.5 Å². The van der Waals surface area contributed by atoms with Crippen molar-refractivity contribution in [3.05, 3.63) is 29.8 Å². The van der Waals surface area contributed by atoms with Gasteiger partial charge in [-0.1, -0.05) is 0 Å². The molecule has 1 aromatic rings. The largest absolute Gasteiger partial charge is 0.497 e. The van der Waals surface area contributed by atoms with Crippen molar-refractivity contribution in [1.82, 2.24) is 0 Å². The van der Waals surface area contributed by atoms with Crippen molar-refractivity contribution in [2.45, 2.75) is 57.2 Å². The lowest BCUT2D eigenvalue weighted by atomic mass is 9.48. The summed E-state index contributed by atoms with van der Waals surface area (Å²) in [7, 11) is 1.57. The molecule has 1 aromatic carbocycles. The number of carbonyl (C=O) groups is 2. The molecule has 0 heterocycles. The van der Waals surface area contributed by atoms with E-state index >= 15 is 0 Å². The van der Waals surface area contributed by atoms with Crippen LogP contribution in [0, 0.1) is 17.3 Å². The van der Waals surface area contributed by atoms with Crippen LogP contribution in [0.1, 0.15) is 55.8 Å². The van der Waals surface area contributed by atoms with Gasteiger partial charge in [0.25, 0.3) is 0 Å². The van der Waals surface area contributed by atoms with Crippen molar-refractivity contribution in [2.24, 2.45) is 17.3 Å². The maximum atomic E-state index is 13.0. The van der Waals surface area contributed by atoms with Gasteiger partial charge in [0, 0.05) is 5.56 Å². The van der Waals surface area contributed by atoms with Gasteiger partial charge < -0.3 is 14.6 Å². The normalized spacial score (nSPS) is 35.8. The summed E-state index contributed by atoms with van der Waals surface area (Å²) in [6.07, 6.45) is 3.94. The highest BCUT2D eigenvalue weighted by Gasteiger charge is 2.61. The van der Waals surface area contributed by atoms with E-state index in [-0.39, 0.29) is 11.8 Å². The number of carbonyl (C=O) groups excluding carboxylic acids is 2. The summed E-state index contributed by atoms with van der Waals surface area (Å²) < 4.78 is 10.7. The zero-order valence-electron chi connectivity index (χ0n) is 15.4. The number of aliphatic hydroxyl groups is 1. The fourth-order valence-electron chi connectivity index (χ4n) is 5.78.